The molecule has 1 rings (SSSR count). The molecule has 0 unspecified atom stereocenters. The van der Waals surface area contributed by atoms with Gasteiger partial charge >= 0.3 is 6.18 Å². The molecule has 0 amide bonds. The van der Waals surface area contributed by atoms with Crippen molar-refractivity contribution < 1.29 is 22.7 Å². The van der Waals surface area contributed by atoms with Gasteiger partial charge in [-0.2, -0.15) is 13.2 Å². The average molecular weight is 233 g/mol. The van der Waals surface area contributed by atoms with E-state index in [0.717, 1.165) is 7.11 Å². The highest BCUT2D eigenvalue weighted by atomic mass is 19.4. The molecule has 0 radical (unpaired) electrons. The molecular weight excluding hydrogens is 223 g/mol. The van der Waals surface area contributed by atoms with Crippen molar-refractivity contribution >= 4 is 5.71 Å². The van der Waals surface area contributed by atoms with Gasteiger partial charge in [-0.25, -0.2) is 0 Å². The monoisotopic (exact) mass is 233 g/mol. The van der Waals surface area contributed by atoms with Crippen LogP contribution < -0.4 is 4.74 Å². The van der Waals surface area contributed by atoms with Gasteiger partial charge in [-0.1, -0.05) is 5.16 Å². The van der Waals surface area contributed by atoms with E-state index in [-0.39, 0.29) is 5.56 Å². The fourth-order valence-corrected chi connectivity index (χ4v) is 1.11. The summed E-state index contributed by atoms with van der Waals surface area (Å²) in [7, 11) is 2.50. The van der Waals surface area contributed by atoms with E-state index < -0.39 is 11.9 Å². The first-order valence-electron chi connectivity index (χ1n) is 4.32. The Balaban J connectivity index is 3.08. The number of alkyl halides is 3. The third kappa shape index (κ3) is 2.88. The molecule has 0 saturated heterocycles. The molecule has 16 heavy (non-hydrogen) atoms. The minimum Gasteiger partial charge on any atom is -0.497 e. The first-order valence-corrected chi connectivity index (χ1v) is 4.32. The third-order valence-corrected chi connectivity index (χ3v) is 1.81. The molecule has 1 aromatic rings. The third-order valence-electron chi connectivity index (χ3n) is 1.81. The smallest absolute Gasteiger partial charge is 0.437 e. The lowest BCUT2D eigenvalue weighted by Crippen LogP contribution is -2.24. The quantitative estimate of drug-likeness (QED) is 0.593. The van der Waals surface area contributed by atoms with E-state index in [1.807, 2.05) is 0 Å². The van der Waals surface area contributed by atoms with Crippen LogP contribution in [-0.4, -0.2) is 26.1 Å². The second-order valence-electron chi connectivity index (χ2n) is 2.85. The molecule has 0 N–H and O–H groups in total. The van der Waals surface area contributed by atoms with Crippen molar-refractivity contribution in [3.63, 3.8) is 0 Å². The maximum absolute atomic E-state index is 12.5. The van der Waals surface area contributed by atoms with Crippen molar-refractivity contribution in [2.75, 3.05) is 14.2 Å². The van der Waals surface area contributed by atoms with Crippen molar-refractivity contribution in [2.45, 2.75) is 6.18 Å². The fraction of sp³-hybridized carbons (Fsp3) is 0.300. The summed E-state index contributed by atoms with van der Waals surface area (Å²) < 4.78 is 42.4. The summed E-state index contributed by atoms with van der Waals surface area (Å²) in [6.45, 7) is 0. The van der Waals surface area contributed by atoms with Crippen molar-refractivity contribution in [2.24, 2.45) is 5.16 Å². The Morgan fingerprint density at radius 3 is 2.06 bits per heavy atom. The summed E-state index contributed by atoms with van der Waals surface area (Å²) in [4.78, 5) is 4.18. The number of hydrogen-bond acceptors (Lipinski definition) is 3. The molecule has 0 atom stereocenters. The minimum absolute atomic E-state index is 0.0739. The topological polar surface area (TPSA) is 30.8 Å². The van der Waals surface area contributed by atoms with Gasteiger partial charge in [-0.3, -0.25) is 0 Å². The van der Waals surface area contributed by atoms with Gasteiger partial charge in [0.2, 0.25) is 0 Å². The van der Waals surface area contributed by atoms with E-state index in [2.05, 4.69) is 9.99 Å². The fourth-order valence-electron chi connectivity index (χ4n) is 1.11. The number of ether oxygens (including phenoxy) is 1. The normalized spacial score (nSPS) is 12.4. The molecule has 0 heterocycles. The van der Waals surface area contributed by atoms with Gasteiger partial charge in [0, 0.05) is 5.56 Å². The van der Waals surface area contributed by atoms with Gasteiger partial charge in [0.1, 0.15) is 12.9 Å². The number of benzene rings is 1. The summed E-state index contributed by atoms with van der Waals surface area (Å²) in [5.41, 5.74) is -1.15. The Hall–Kier alpha value is -1.72. The molecule has 0 fully saturated rings. The maximum atomic E-state index is 12.5. The molecule has 3 nitrogen and oxygen atoms in total. The Bertz CT molecular complexity index is 371. The highest BCUT2D eigenvalue weighted by Gasteiger charge is 2.37. The standard InChI is InChI=1S/C10H10F3NO2/c1-15-8-5-3-7(4-6-8)9(14-16-2)10(11,12)13/h3-6H,1-2H3/b14-9+. The van der Waals surface area contributed by atoms with Crippen LogP contribution in [0.3, 0.4) is 0 Å². The molecule has 0 bridgehead atoms. The molecule has 0 aliphatic rings. The molecular formula is C10H10F3NO2. The SMILES string of the molecule is CO/N=C(\c1ccc(OC)cc1)C(F)(F)F. The highest BCUT2D eigenvalue weighted by Crippen LogP contribution is 2.24. The lowest BCUT2D eigenvalue weighted by molar-refractivity contribution is -0.0607. The van der Waals surface area contributed by atoms with E-state index in [1.165, 1.54) is 31.4 Å². The van der Waals surface area contributed by atoms with Crippen molar-refractivity contribution in [3.05, 3.63) is 29.8 Å². The van der Waals surface area contributed by atoms with Gasteiger partial charge in [0.15, 0.2) is 5.71 Å². The number of methoxy groups -OCH3 is 1. The molecule has 0 aromatic heterocycles. The molecule has 1 aromatic carbocycles. The van der Waals surface area contributed by atoms with Gasteiger partial charge in [0.05, 0.1) is 7.11 Å². The Kier molecular flexibility index (Phi) is 3.76. The molecule has 0 spiro atoms. The van der Waals surface area contributed by atoms with E-state index in [1.54, 1.807) is 0 Å². The molecule has 0 saturated carbocycles. The average Bonchev–Trinajstić information content (AvgIpc) is 2.25. The molecule has 0 aliphatic heterocycles. The zero-order valence-electron chi connectivity index (χ0n) is 8.71. The van der Waals surface area contributed by atoms with E-state index >= 15 is 0 Å². The highest BCUT2D eigenvalue weighted by molar-refractivity contribution is 6.04. The van der Waals surface area contributed by atoms with E-state index in [0.29, 0.717) is 5.75 Å². The summed E-state index contributed by atoms with van der Waals surface area (Å²) in [5, 5.41) is 2.97. The van der Waals surface area contributed by atoms with Crippen LogP contribution >= 0.6 is 0 Å². The number of rotatable bonds is 3. The lowest BCUT2D eigenvalue weighted by Gasteiger charge is -2.09. The van der Waals surface area contributed by atoms with Crippen molar-refractivity contribution in [3.8, 4) is 5.75 Å². The van der Waals surface area contributed by atoms with Crippen LogP contribution in [0.2, 0.25) is 0 Å². The Morgan fingerprint density at radius 2 is 1.69 bits per heavy atom. The largest absolute Gasteiger partial charge is 0.497 e. The number of nitrogens with zero attached hydrogens (tertiary/aromatic N) is 1. The predicted octanol–water partition coefficient (Wildman–Crippen LogP) is 2.61. The molecule has 6 heteroatoms. The van der Waals surface area contributed by atoms with Gasteiger partial charge < -0.3 is 9.57 Å². The number of hydrogen-bond donors (Lipinski definition) is 0. The maximum Gasteiger partial charge on any atom is 0.437 e. The second kappa shape index (κ2) is 4.87. The number of oxime groups is 1. The second-order valence-corrected chi connectivity index (χ2v) is 2.85. The zero-order chi connectivity index (χ0) is 12.2. The van der Waals surface area contributed by atoms with Crippen LogP contribution in [0.25, 0.3) is 0 Å². The minimum atomic E-state index is -4.55. The van der Waals surface area contributed by atoms with Crippen molar-refractivity contribution in [1.29, 1.82) is 0 Å². The van der Waals surface area contributed by atoms with Crippen LogP contribution in [0.4, 0.5) is 13.2 Å². The van der Waals surface area contributed by atoms with Crippen LogP contribution in [0, 0.1) is 0 Å². The first kappa shape index (κ1) is 12.4. The van der Waals surface area contributed by atoms with E-state index in [9.17, 15) is 13.2 Å². The number of halogens is 3. The summed E-state index contributed by atoms with van der Waals surface area (Å²) in [6, 6.07) is 5.38. The van der Waals surface area contributed by atoms with Crippen LogP contribution in [-0.2, 0) is 4.84 Å². The first-order chi connectivity index (χ1) is 7.49. The zero-order valence-corrected chi connectivity index (χ0v) is 8.71. The Labute approximate surface area is 90.5 Å². The summed E-state index contributed by atoms with van der Waals surface area (Å²) in [5.74, 6) is 0.475. The van der Waals surface area contributed by atoms with Crippen LogP contribution in [0.15, 0.2) is 29.4 Å². The summed E-state index contributed by atoms with van der Waals surface area (Å²) in [6.07, 6.45) is -4.55. The molecule has 88 valence electrons. The van der Waals surface area contributed by atoms with Crippen LogP contribution in [0.5, 0.6) is 5.75 Å². The van der Waals surface area contributed by atoms with Gasteiger partial charge in [0.25, 0.3) is 0 Å². The van der Waals surface area contributed by atoms with E-state index in [4.69, 9.17) is 4.74 Å². The predicted molar refractivity (Wildman–Crippen MR) is 52.6 cm³/mol. The van der Waals surface area contributed by atoms with Gasteiger partial charge in [-0.05, 0) is 24.3 Å². The molecule has 0 aliphatic carbocycles. The van der Waals surface area contributed by atoms with Crippen molar-refractivity contribution in [1.82, 2.24) is 0 Å². The van der Waals surface area contributed by atoms with Gasteiger partial charge in [-0.15, -0.1) is 0 Å². The Morgan fingerprint density at radius 1 is 1.12 bits per heavy atom. The lowest BCUT2D eigenvalue weighted by atomic mass is 10.1. The summed E-state index contributed by atoms with van der Waals surface area (Å²) >= 11 is 0. The van der Waals surface area contributed by atoms with Crippen LogP contribution in [0.1, 0.15) is 5.56 Å².